The molecule has 1 aliphatic rings. The molecule has 0 amide bonds. The Morgan fingerprint density at radius 2 is 2.24 bits per heavy atom. The van der Waals surface area contributed by atoms with E-state index in [-0.39, 0.29) is 24.8 Å². The lowest BCUT2D eigenvalue weighted by Crippen LogP contribution is -2.36. The summed E-state index contributed by atoms with van der Waals surface area (Å²) in [6.07, 6.45) is 0.321. The molecule has 1 unspecified atom stereocenters. The van der Waals surface area contributed by atoms with Crippen LogP contribution in [0.2, 0.25) is 0 Å². The SMILES string of the molecule is CC1CN(S(=O)(=O)c2cc(Br)cc(CO)c2F)CCCO1. The van der Waals surface area contributed by atoms with Gasteiger partial charge in [-0.15, -0.1) is 0 Å². The Bertz CT molecular complexity index is 623. The monoisotopic (exact) mass is 381 g/mol. The van der Waals surface area contributed by atoms with Crippen LogP contribution < -0.4 is 0 Å². The Kier molecular flexibility index (Phi) is 5.37. The van der Waals surface area contributed by atoms with E-state index >= 15 is 0 Å². The molecule has 1 aliphatic heterocycles. The molecule has 1 heterocycles. The summed E-state index contributed by atoms with van der Waals surface area (Å²) in [5, 5.41) is 9.14. The fraction of sp³-hybridized carbons (Fsp3) is 0.538. The molecule has 1 N–H and O–H groups in total. The molecular formula is C13H17BrFNO4S. The van der Waals surface area contributed by atoms with Crippen molar-refractivity contribution in [1.29, 1.82) is 0 Å². The second-order valence-electron chi connectivity index (χ2n) is 4.93. The molecule has 21 heavy (non-hydrogen) atoms. The van der Waals surface area contributed by atoms with Crippen LogP contribution in [-0.4, -0.2) is 43.6 Å². The van der Waals surface area contributed by atoms with Crippen LogP contribution in [0.1, 0.15) is 18.9 Å². The number of nitrogens with zero attached hydrogens (tertiary/aromatic N) is 1. The van der Waals surface area contributed by atoms with Crippen LogP contribution in [0.3, 0.4) is 0 Å². The number of aliphatic hydroxyl groups excluding tert-OH is 1. The molecule has 0 radical (unpaired) electrons. The van der Waals surface area contributed by atoms with Gasteiger partial charge in [0.25, 0.3) is 0 Å². The van der Waals surface area contributed by atoms with Gasteiger partial charge in [-0.1, -0.05) is 15.9 Å². The lowest BCUT2D eigenvalue weighted by molar-refractivity contribution is 0.0751. The summed E-state index contributed by atoms with van der Waals surface area (Å²) in [6.45, 7) is 2.17. The predicted octanol–water partition coefficient (Wildman–Crippen LogP) is 1.88. The summed E-state index contributed by atoms with van der Waals surface area (Å²) >= 11 is 3.15. The van der Waals surface area contributed by atoms with Gasteiger partial charge < -0.3 is 9.84 Å². The minimum atomic E-state index is -3.97. The normalized spacial score (nSPS) is 21.2. The van der Waals surface area contributed by atoms with E-state index < -0.39 is 27.3 Å². The maximum absolute atomic E-state index is 14.3. The van der Waals surface area contributed by atoms with E-state index in [1.54, 1.807) is 6.92 Å². The van der Waals surface area contributed by atoms with E-state index in [9.17, 15) is 12.8 Å². The Hall–Kier alpha value is -0.540. The van der Waals surface area contributed by atoms with Crippen molar-refractivity contribution in [3.8, 4) is 0 Å². The first-order valence-electron chi connectivity index (χ1n) is 6.56. The highest BCUT2D eigenvalue weighted by molar-refractivity contribution is 9.10. The molecule has 0 bridgehead atoms. The number of hydrogen-bond donors (Lipinski definition) is 1. The third-order valence-electron chi connectivity index (χ3n) is 3.28. The van der Waals surface area contributed by atoms with Crippen LogP contribution in [0.15, 0.2) is 21.5 Å². The molecule has 2 rings (SSSR count). The van der Waals surface area contributed by atoms with E-state index in [1.807, 2.05) is 0 Å². The van der Waals surface area contributed by atoms with Gasteiger partial charge in [0.1, 0.15) is 10.7 Å². The zero-order valence-corrected chi connectivity index (χ0v) is 14.0. The Labute approximate surface area is 131 Å². The van der Waals surface area contributed by atoms with Crippen molar-refractivity contribution < 1.29 is 22.7 Å². The summed E-state index contributed by atoms with van der Waals surface area (Å²) < 4.78 is 46.6. The van der Waals surface area contributed by atoms with E-state index in [4.69, 9.17) is 9.84 Å². The highest BCUT2D eigenvalue weighted by atomic mass is 79.9. The van der Waals surface area contributed by atoms with Gasteiger partial charge in [0.2, 0.25) is 10.0 Å². The van der Waals surface area contributed by atoms with Crippen LogP contribution in [-0.2, 0) is 21.4 Å². The second-order valence-corrected chi connectivity index (χ2v) is 7.76. The van der Waals surface area contributed by atoms with Crippen LogP contribution in [0, 0.1) is 5.82 Å². The van der Waals surface area contributed by atoms with E-state index in [1.165, 1.54) is 16.4 Å². The molecule has 1 aromatic rings. The van der Waals surface area contributed by atoms with Crippen molar-refractivity contribution in [2.75, 3.05) is 19.7 Å². The molecule has 1 saturated heterocycles. The molecule has 5 nitrogen and oxygen atoms in total. The largest absolute Gasteiger partial charge is 0.392 e. The Morgan fingerprint density at radius 3 is 2.90 bits per heavy atom. The fourth-order valence-electron chi connectivity index (χ4n) is 2.23. The van der Waals surface area contributed by atoms with Gasteiger partial charge in [0, 0.05) is 29.7 Å². The number of ether oxygens (including phenoxy) is 1. The van der Waals surface area contributed by atoms with Gasteiger partial charge in [-0.3, -0.25) is 0 Å². The minimum Gasteiger partial charge on any atom is -0.392 e. The maximum Gasteiger partial charge on any atom is 0.246 e. The van der Waals surface area contributed by atoms with Crippen molar-refractivity contribution >= 4 is 26.0 Å². The first kappa shape index (κ1) is 16.8. The molecule has 0 saturated carbocycles. The third-order valence-corrected chi connectivity index (χ3v) is 5.60. The van der Waals surface area contributed by atoms with E-state index in [0.29, 0.717) is 17.5 Å². The molecule has 118 valence electrons. The Morgan fingerprint density at radius 1 is 1.52 bits per heavy atom. The third kappa shape index (κ3) is 3.62. The van der Waals surface area contributed by atoms with Gasteiger partial charge in [-0.05, 0) is 25.5 Å². The van der Waals surface area contributed by atoms with E-state index in [0.717, 1.165) is 0 Å². The zero-order chi connectivity index (χ0) is 15.6. The summed E-state index contributed by atoms with van der Waals surface area (Å²) in [4.78, 5) is -0.421. The van der Waals surface area contributed by atoms with Gasteiger partial charge in [0.05, 0.1) is 12.7 Å². The van der Waals surface area contributed by atoms with Crippen molar-refractivity contribution in [3.63, 3.8) is 0 Å². The van der Waals surface area contributed by atoms with Gasteiger partial charge in [-0.2, -0.15) is 4.31 Å². The highest BCUT2D eigenvalue weighted by Gasteiger charge is 2.31. The Balaban J connectivity index is 2.46. The van der Waals surface area contributed by atoms with Gasteiger partial charge in [-0.25, -0.2) is 12.8 Å². The van der Waals surface area contributed by atoms with Crippen LogP contribution >= 0.6 is 15.9 Å². The predicted molar refractivity (Wildman–Crippen MR) is 78.8 cm³/mol. The highest BCUT2D eigenvalue weighted by Crippen LogP contribution is 2.27. The summed E-state index contributed by atoms with van der Waals surface area (Å²) in [5.41, 5.74) is -0.0536. The number of sulfonamides is 1. The lowest BCUT2D eigenvalue weighted by atomic mass is 10.2. The van der Waals surface area contributed by atoms with Gasteiger partial charge >= 0.3 is 0 Å². The topological polar surface area (TPSA) is 66.8 Å². The summed E-state index contributed by atoms with van der Waals surface area (Å²) in [6, 6.07) is 2.59. The molecule has 0 aliphatic carbocycles. The zero-order valence-electron chi connectivity index (χ0n) is 11.6. The van der Waals surface area contributed by atoms with Crippen molar-refractivity contribution in [2.45, 2.75) is 31.0 Å². The number of halogens is 2. The average Bonchev–Trinajstić information content (AvgIpc) is 2.66. The minimum absolute atomic E-state index is 0.0536. The van der Waals surface area contributed by atoms with Crippen molar-refractivity contribution in [1.82, 2.24) is 4.31 Å². The standard InChI is InChI=1S/C13H17BrFNO4S/c1-9-7-16(3-2-4-20-9)21(18,19)12-6-11(14)5-10(8-17)13(12)15/h5-6,9,17H,2-4,7-8H2,1H3. The first-order chi connectivity index (χ1) is 9.86. The summed E-state index contributed by atoms with van der Waals surface area (Å²) in [5.74, 6) is -0.904. The number of hydrogen-bond acceptors (Lipinski definition) is 4. The molecular weight excluding hydrogens is 365 g/mol. The molecule has 0 aromatic heterocycles. The quantitative estimate of drug-likeness (QED) is 0.867. The molecule has 0 spiro atoms. The maximum atomic E-state index is 14.3. The van der Waals surface area contributed by atoms with Crippen LogP contribution in [0.25, 0.3) is 0 Å². The average molecular weight is 382 g/mol. The van der Waals surface area contributed by atoms with Gasteiger partial charge in [0.15, 0.2) is 0 Å². The molecule has 1 atom stereocenters. The number of aliphatic hydroxyl groups is 1. The number of benzene rings is 1. The van der Waals surface area contributed by atoms with Crippen molar-refractivity contribution in [2.24, 2.45) is 0 Å². The summed E-state index contributed by atoms with van der Waals surface area (Å²) in [7, 11) is -3.97. The first-order valence-corrected chi connectivity index (χ1v) is 8.80. The lowest BCUT2D eigenvalue weighted by Gasteiger charge is -2.22. The van der Waals surface area contributed by atoms with E-state index in [2.05, 4.69) is 15.9 Å². The van der Waals surface area contributed by atoms with Crippen LogP contribution in [0.5, 0.6) is 0 Å². The van der Waals surface area contributed by atoms with Crippen LogP contribution in [0.4, 0.5) is 4.39 Å². The van der Waals surface area contributed by atoms with Crippen molar-refractivity contribution in [3.05, 3.63) is 28.0 Å². The smallest absolute Gasteiger partial charge is 0.246 e. The molecule has 1 aromatic carbocycles. The molecule has 1 fully saturated rings. The molecule has 8 heteroatoms. The second kappa shape index (κ2) is 6.70. The number of rotatable bonds is 3. The fourth-order valence-corrected chi connectivity index (χ4v) is 4.58.